The molecular formula is C14H23N3O4S. The van der Waals surface area contributed by atoms with E-state index >= 15 is 0 Å². The van der Waals surface area contributed by atoms with Gasteiger partial charge in [-0.15, -0.1) is 0 Å². The van der Waals surface area contributed by atoms with E-state index in [1.54, 1.807) is 20.8 Å². The van der Waals surface area contributed by atoms with Gasteiger partial charge in [0.2, 0.25) is 10.0 Å². The van der Waals surface area contributed by atoms with Crippen LogP contribution in [0, 0.1) is 13.8 Å². The molecule has 1 atom stereocenters. The van der Waals surface area contributed by atoms with E-state index < -0.39 is 16.0 Å². The molecule has 0 aromatic carbocycles. The van der Waals surface area contributed by atoms with Crippen molar-refractivity contribution in [3.63, 3.8) is 0 Å². The van der Waals surface area contributed by atoms with Crippen LogP contribution >= 0.6 is 0 Å². The minimum absolute atomic E-state index is 0.146. The molecule has 0 spiro atoms. The fourth-order valence-electron chi connectivity index (χ4n) is 2.85. The topological polar surface area (TPSA) is 105 Å². The highest BCUT2D eigenvalue weighted by Crippen LogP contribution is 2.28. The second kappa shape index (κ2) is 6.39. The van der Waals surface area contributed by atoms with E-state index in [0.717, 1.165) is 12.8 Å². The maximum absolute atomic E-state index is 12.9. The highest BCUT2D eigenvalue weighted by Gasteiger charge is 2.34. The Morgan fingerprint density at radius 2 is 2.14 bits per heavy atom. The first kappa shape index (κ1) is 17.0. The summed E-state index contributed by atoms with van der Waals surface area (Å²) < 4.78 is 32.1. The largest absolute Gasteiger partial charge is 0.461 e. The van der Waals surface area contributed by atoms with Gasteiger partial charge in [-0.05, 0) is 33.6 Å². The first-order valence-corrected chi connectivity index (χ1v) is 8.85. The number of aryl methyl sites for hydroxylation is 1. The van der Waals surface area contributed by atoms with Crippen molar-refractivity contribution in [3.05, 3.63) is 17.0 Å². The zero-order chi connectivity index (χ0) is 16.5. The van der Waals surface area contributed by atoms with Crippen molar-refractivity contribution in [1.82, 2.24) is 9.29 Å². The number of piperidine rings is 1. The summed E-state index contributed by atoms with van der Waals surface area (Å²) in [7, 11) is -3.67. The molecule has 1 aromatic heterocycles. The number of nitrogens with zero attached hydrogens (tertiary/aromatic N) is 1. The predicted octanol–water partition coefficient (Wildman–Crippen LogP) is 0.920. The van der Waals surface area contributed by atoms with Crippen LogP contribution in [0.3, 0.4) is 0 Å². The summed E-state index contributed by atoms with van der Waals surface area (Å²) >= 11 is 0. The monoisotopic (exact) mass is 329 g/mol. The molecule has 1 aliphatic heterocycles. The standard InChI is InChI=1S/C14H23N3O4S/c1-4-21-14(18)12-9(2)13(10(3)16-12)22(19,20)17-7-5-6-11(15)8-17/h11,16H,4-8,15H2,1-3H3. The van der Waals surface area contributed by atoms with E-state index in [2.05, 4.69) is 4.98 Å². The van der Waals surface area contributed by atoms with Crippen LogP contribution in [0.5, 0.6) is 0 Å². The number of rotatable bonds is 4. The van der Waals surface area contributed by atoms with Crippen molar-refractivity contribution in [3.8, 4) is 0 Å². The average Bonchev–Trinajstić information content (AvgIpc) is 2.75. The quantitative estimate of drug-likeness (QED) is 0.799. The number of H-pyrrole nitrogens is 1. The lowest BCUT2D eigenvalue weighted by atomic mass is 10.1. The second-order valence-electron chi connectivity index (χ2n) is 5.56. The smallest absolute Gasteiger partial charge is 0.355 e. The molecule has 1 unspecified atom stereocenters. The molecule has 124 valence electrons. The molecule has 1 saturated heterocycles. The molecule has 0 aliphatic carbocycles. The third-order valence-corrected chi connectivity index (χ3v) is 6.01. The summed E-state index contributed by atoms with van der Waals surface area (Å²) in [4.78, 5) is 14.9. The lowest BCUT2D eigenvalue weighted by molar-refractivity contribution is 0.0519. The van der Waals surface area contributed by atoms with Gasteiger partial charge in [-0.2, -0.15) is 4.31 Å². The number of nitrogens with one attached hydrogen (secondary N) is 1. The Morgan fingerprint density at radius 3 is 2.73 bits per heavy atom. The summed E-state index contributed by atoms with van der Waals surface area (Å²) in [6.45, 7) is 5.96. The molecule has 0 saturated carbocycles. The second-order valence-corrected chi connectivity index (χ2v) is 7.44. The van der Waals surface area contributed by atoms with Gasteiger partial charge in [0.1, 0.15) is 10.6 Å². The number of ether oxygens (including phenoxy) is 1. The first-order valence-electron chi connectivity index (χ1n) is 7.41. The van der Waals surface area contributed by atoms with E-state index in [1.807, 2.05) is 0 Å². The maximum Gasteiger partial charge on any atom is 0.355 e. The van der Waals surface area contributed by atoms with E-state index in [9.17, 15) is 13.2 Å². The number of hydrogen-bond donors (Lipinski definition) is 2. The van der Waals surface area contributed by atoms with Crippen molar-refractivity contribution in [1.29, 1.82) is 0 Å². The number of aromatic nitrogens is 1. The summed E-state index contributed by atoms with van der Waals surface area (Å²) in [6, 6.07) is -0.146. The molecule has 1 aromatic rings. The summed E-state index contributed by atoms with van der Waals surface area (Å²) in [6.07, 6.45) is 1.57. The fraction of sp³-hybridized carbons (Fsp3) is 0.643. The van der Waals surface area contributed by atoms with Crippen molar-refractivity contribution >= 4 is 16.0 Å². The average molecular weight is 329 g/mol. The van der Waals surface area contributed by atoms with Gasteiger partial charge in [0.25, 0.3) is 0 Å². The van der Waals surface area contributed by atoms with Crippen molar-refractivity contribution in [2.45, 2.75) is 44.6 Å². The first-order chi connectivity index (χ1) is 10.3. The van der Waals surface area contributed by atoms with Crippen molar-refractivity contribution in [2.75, 3.05) is 19.7 Å². The van der Waals surface area contributed by atoms with Crippen molar-refractivity contribution < 1.29 is 17.9 Å². The zero-order valence-corrected chi connectivity index (χ0v) is 14.0. The Bertz CT molecular complexity index is 666. The zero-order valence-electron chi connectivity index (χ0n) is 13.2. The van der Waals surface area contributed by atoms with Crippen LogP contribution in [0.2, 0.25) is 0 Å². The van der Waals surface area contributed by atoms with Crippen LogP contribution in [0.15, 0.2) is 4.90 Å². The third kappa shape index (κ3) is 3.04. The van der Waals surface area contributed by atoms with Crippen LogP contribution < -0.4 is 5.73 Å². The van der Waals surface area contributed by atoms with Gasteiger partial charge in [-0.1, -0.05) is 0 Å². The van der Waals surface area contributed by atoms with Gasteiger partial charge in [0.05, 0.1) is 6.61 Å². The Hall–Kier alpha value is -1.38. The lowest BCUT2D eigenvalue weighted by Crippen LogP contribution is -2.45. The number of esters is 1. The number of aromatic amines is 1. The molecular weight excluding hydrogens is 306 g/mol. The molecule has 22 heavy (non-hydrogen) atoms. The number of hydrogen-bond acceptors (Lipinski definition) is 5. The normalized spacial score (nSPS) is 20.1. The van der Waals surface area contributed by atoms with E-state index in [0.29, 0.717) is 24.3 Å². The Morgan fingerprint density at radius 1 is 1.45 bits per heavy atom. The Kier molecular flexibility index (Phi) is 4.93. The molecule has 7 nitrogen and oxygen atoms in total. The summed E-state index contributed by atoms with van der Waals surface area (Å²) in [5, 5.41) is 0. The van der Waals surface area contributed by atoms with Gasteiger partial charge in [0, 0.05) is 30.4 Å². The van der Waals surface area contributed by atoms with Crippen LogP contribution in [-0.2, 0) is 14.8 Å². The molecule has 1 aliphatic rings. The van der Waals surface area contributed by atoms with Crippen molar-refractivity contribution in [2.24, 2.45) is 5.73 Å². The van der Waals surface area contributed by atoms with Gasteiger partial charge < -0.3 is 15.5 Å². The number of sulfonamides is 1. The van der Waals surface area contributed by atoms with E-state index in [-0.39, 0.29) is 23.2 Å². The molecule has 2 heterocycles. The maximum atomic E-state index is 12.9. The molecule has 0 bridgehead atoms. The highest BCUT2D eigenvalue weighted by molar-refractivity contribution is 7.89. The van der Waals surface area contributed by atoms with Gasteiger partial charge in [-0.3, -0.25) is 0 Å². The molecule has 0 amide bonds. The van der Waals surface area contributed by atoms with Gasteiger partial charge in [-0.25, -0.2) is 13.2 Å². The summed E-state index contributed by atoms with van der Waals surface area (Å²) in [5.74, 6) is -0.542. The molecule has 2 rings (SSSR count). The highest BCUT2D eigenvalue weighted by atomic mass is 32.2. The van der Waals surface area contributed by atoms with Gasteiger partial charge >= 0.3 is 5.97 Å². The SMILES string of the molecule is CCOC(=O)c1[nH]c(C)c(S(=O)(=O)N2CCCC(N)C2)c1C. The number of carbonyl (C=O) groups is 1. The van der Waals surface area contributed by atoms with Crippen LogP contribution in [0.4, 0.5) is 0 Å². The lowest BCUT2D eigenvalue weighted by Gasteiger charge is -2.30. The molecule has 3 N–H and O–H groups in total. The van der Waals surface area contributed by atoms with E-state index in [4.69, 9.17) is 10.5 Å². The molecule has 8 heteroatoms. The molecule has 0 radical (unpaired) electrons. The fourth-order valence-corrected chi connectivity index (χ4v) is 4.79. The van der Waals surface area contributed by atoms with E-state index in [1.165, 1.54) is 4.31 Å². The Balaban J connectivity index is 2.41. The van der Waals surface area contributed by atoms with Crippen LogP contribution in [0.25, 0.3) is 0 Å². The number of nitrogens with two attached hydrogens (primary N) is 1. The minimum atomic E-state index is -3.67. The molecule has 1 fully saturated rings. The number of carbonyl (C=O) groups excluding carboxylic acids is 1. The predicted molar refractivity (Wildman–Crippen MR) is 82.2 cm³/mol. The van der Waals surface area contributed by atoms with Crippen LogP contribution in [0.1, 0.15) is 41.5 Å². The summed E-state index contributed by atoms with van der Waals surface area (Å²) in [5.41, 5.74) is 6.92. The Labute approximate surface area is 130 Å². The third-order valence-electron chi connectivity index (χ3n) is 3.87. The minimum Gasteiger partial charge on any atom is -0.461 e. The van der Waals surface area contributed by atoms with Gasteiger partial charge in [0.15, 0.2) is 0 Å². The van der Waals surface area contributed by atoms with Crippen LogP contribution in [-0.4, -0.2) is 49.4 Å².